The second kappa shape index (κ2) is 14.1. The van der Waals surface area contributed by atoms with Crippen molar-refractivity contribution in [3.05, 3.63) is 54.9 Å². The van der Waals surface area contributed by atoms with Gasteiger partial charge in [0.05, 0.1) is 19.5 Å². The molecule has 0 aromatic carbocycles. The summed E-state index contributed by atoms with van der Waals surface area (Å²) in [4.78, 5) is 4.01. The first-order valence-corrected chi connectivity index (χ1v) is 17.4. The molecule has 2 aromatic heterocycles. The summed E-state index contributed by atoms with van der Waals surface area (Å²) in [7, 11) is -1.74. The molecule has 2 rings (SSSR count). The fourth-order valence-corrected chi connectivity index (χ4v) is 11.5. The largest absolute Gasteiger partial charge is 0.378 e. The van der Waals surface area contributed by atoms with Crippen molar-refractivity contribution in [3.8, 4) is 47.0 Å². The molecule has 38 heavy (non-hydrogen) atoms. The third kappa shape index (κ3) is 9.09. The zero-order valence-electron chi connectivity index (χ0n) is 24.7. The average molecular weight is 559 g/mol. The zero-order valence-corrected chi connectivity index (χ0v) is 27.4. The fourth-order valence-electron chi connectivity index (χ4n) is 4.72. The summed E-state index contributed by atoms with van der Waals surface area (Å²) in [6.07, 6.45) is 1.92. The Balaban J connectivity index is 2.29. The summed E-state index contributed by atoms with van der Waals surface area (Å²) in [5, 5.41) is 9.81. The van der Waals surface area contributed by atoms with Gasteiger partial charge in [-0.15, -0.1) is 28.2 Å². The molecule has 0 amide bonds. The van der Waals surface area contributed by atoms with Crippen molar-refractivity contribution in [2.75, 3.05) is 0 Å². The van der Waals surface area contributed by atoms with E-state index in [4.69, 9.17) is 0 Å². The Morgan fingerprint density at radius 2 is 1.24 bits per heavy atom. The van der Waals surface area contributed by atoms with Crippen molar-refractivity contribution >= 4 is 30.7 Å². The minimum absolute atomic E-state index is 0.626. The maximum absolute atomic E-state index is 9.81. The Bertz CT molecular complexity index is 1360. The van der Waals surface area contributed by atoms with Gasteiger partial charge < -0.3 is 5.11 Å². The van der Waals surface area contributed by atoms with Crippen LogP contribution in [0.4, 0.5) is 0 Å². The van der Waals surface area contributed by atoms with Gasteiger partial charge in [0.25, 0.3) is 0 Å². The Morgan fingerprint density at radius 3 is 1.68 bits per heavy atom. The topological polar surface area (TPSA) is 20.2 Å². The SMILES string of the molecule is CCC/C(C#Cc1ccc(C#CC(C)(C)O)s1)=C(/C)C#Cc1ccc(C#C[Si](C(C)C)(C(C)C)C(C)C)s1. The van der Waals surface area contributed by atoms with E-state index in [1.165, 1.54) is 0 Å². The maximum Gasteiger partial charge on any atom is 0.146 e. The molecule has 4 heteroatoms. The molecule has 0 saturated heterocycles. The van der Waals surface area contributed by atoms with E-state index in [0.29, 0.717) is 16.6 Å². The lowest BCUT2D eigenvalue weighted by Crippen LogP contribution is -2.43. The summed E-state index contributed by atoms with van der Waals surface area (Å²) in [6, 6.07) is 8.14. The van der Waals surface area contributed by atoms with Crippen molar-refractivity contribution in [1.82, 2.24) is 0 Å². The minimum atomic E-state index is -1.74. The van der Waals surface area contributed by atoms with E-state index in [-0.39, 0.29) is 0 Å². The van der Waals surface area contributed by atoms with Crippen molar-refractivity contribution in [3.63, 3.8) is 0 Å². The summed E-state index contributed by atoms with van der Waals surface area (Å²) in [5.41, 5.74) is 6.79. The van der Waals surface area contributed by atoms with Crippen LogP contribution in [0.5, 0.6) is 0 Å². The van der Waals surface area contributed by atoms with E-state index in [0.717, 1.165) is 43.5 Å². The van der Waals surface area contributed by atoms with E-state index in [1.54, 1.807) is 36.5 Å². The molecular formula is C34H42OS2Si. The standard InChI is InChI=1S/C34H42OS2Si/c1-11-12-29(14-16-31-17-19-32(36-31)21-23-34(9,10)35)28(8)13-15-30-18-20-33(37-30)22-24-38(25(2)3,26(4)5)27(6)7/h17-20,25-27,35H,11-12H2,1-10H3/b29-28+. The Labute approximate surface area is 241 Å². The van der Waals surface area contributed by atoms with Gasteiger partial charge in [0, 0.05) is 11.1 Å². The molecule has 0 aliphatic heterocycles. The second-order valence-electron chi connectivity index (χ2n) is 11.1. The van der Waals surface area contributed by atoms with Crippen LogP contribution in [0.25, 0.3) is 0 Å². The molecule has 0 fully saturated rings. The van der Waals surface area contributed by atoms with E-state index < -0.39 is 13.7 Å². The zero-order chi connectivity index (χ0) is 28.5. The monoisotopic (exact) mass is 558 g/mol. The van der Waals surface area contributed by atoms with E-state index >= 15 is 0 Å². The number of aliphatic hydroxyl groups is 1. The minimum Gasteiger partial charge on any atom is -0.378 e. The van der Waals surface area contributed by atoms with Gasteiger partial charge in [-0.05, 0) is 68.1 Å². The molecule has 2 aromatic rings. The van der Waals surface area contributed by atoms with E-state index in [2.05, 4.69) is 115 Å². The fraction of sp³-hybridized carbons (Fsp3) is 0.471. The van der Waals surface area contributed by atoms with Crippen molar-refractivity contribution in [1.29, 1.82) is 0 Å². The van der Waals surface area contributed by atoms with Crippen molar-refractivity contribution < 1.29 is 5.11 Å². The first kappa shape index (κ1) is 31.8. The van der Waals surface area contributed by atoms with Crippen LogP contribution in [-0.2, 0) is 0 Å². The molecule has 0 unspecified atom stereocenters. The predicted molar refractivity (Wildman–Crippen MR) is 171 cm³/mol. The van der Waals surface area contributed by atoms with Crippen LogP contribution >= 0.6 is 22.7 Å². The number of hydrogen-bond acceptors (Lipinski definition) is 3. The molecule has 0 aliphatic carbocycles. The number of thiophene rings is 2. The van der Waals surface area contributed by atoms with Gasteiger partial charge in [0.2, 0.25) is 0 Å². The summed E-state index contributed by atoms with van der Waals surface area (Å²) in [5.74, 6) is 22.8. The number of rotatable bonds is 5. The van der Waals surface area contributed by atoms with Gasteiger partial charge in [-0.25, -0.2) is 0 Å². The molecule has 200 valence electrons. The van der Waals surface area contributed by atoms with Crippen LogP contribution in [0, 0.1) is 47.0 Å². The normalized spacial score (nSPS) is 12.1. The van der Waals surface area contributed by atoms with Crippen LogP contribution in [0.2, 0.25) is 16.6 Å². The van der Waals surface area contributed by atoms with Crippen LogP contribution in [0.15, 0.2) is 35.4 Å². The third-order valence-corrected chi connectivity index (χ3v) is 14.8. The third-order valence-electron chi connectivity index (χ3n) is 6.63. The average Bonchev–Trinajstić information content (AvgIpc) is 3.47. The van der Waals surface area contributed by atoms with E-state index in [9.17, 15) is 5.11 Å². The maximum atomic E-state index is 9.81. The smallest absolute Gasteiger partial charge is 0.146 e. The lowest BCUT2D eigenvalue weighted by Gasteiger charge is -2.38. The Hall–Kier alpha value is -2.44. The van der Waals surface area contributed by atoms with Crippen LogP contribution in [0.1, 0.15) is 102 Å². The summed E-state index contributed by atoms with van der Waals surface area (Å²) < 4.78 is 0. The number of allylic oxidation sites excluding steroid dienone is 2. The van der Waals surface area contributed by atoms with Crippen LogP contribution < -0.4 is 0 Å². The number of hydrogen-bond donors (Lipinski definition) is 1. The van der Waals surface area contributed by atoms with Crippen molar-refractivity contribution in [2.45, 2.75) is 104 Å². The Kier molecular flexibility index (Phi) is 11.8. The van der Waals surface area contributed by atoms with Gasteiger partial charge in [-0.1, -0.05) is 96.3 Å². The molecule has 0 aliphatic rings. The van der Waals surface area contributed by atoms with Crippen LogP contribution in [0.3, 0.4) is 0 Å². The van der Waals surface area contributed by atoms with Crippen molar-refractivity contribution in [2.24, 2.45) is 0 Å². The molecule has 0 saturated carbocycles. The van der Waals surface area contributed by atoms with Crippen LogP contribution in [-0.4, -0.2) is 18.8 Å². The van der Waals surface area contributed by atoms with Gasteiger partial charge in [0.1, 0.15) is 13.7 Å². The summed E-state index contributed by atoms with van der Waals surface area (Å²) in [6.45, 7) is 21.7. The predicted octanol–water partition coefficient (Wildman–Crippen LogP) is 9.02. The molecular weight excluding hydrogens is 517 g/mol. The quantitative estimate of drug-likeness (QED) is 0.287. The van der Waals surface area contributed by atoms with Gasteiger partial charge in [-0.3, -0.25) is 0 Å². The molecule has 2 heterocycles. The van der Waals surface area contributed by atoms with Gasteiger partial charge in [-0.2, -0.15) is 0 Å². The lowest BCUT2D eigenvalue weighted by atomic mass is 10.1. The second-order valence-corrected chi connectivity index (χ2v) is 18.9. The Morgan fingerprint density at radius 1 is 0.789 bits per heavy atom. The molecule has 0 bridgehead atoms. The highest BCUT2D eigenvalue weighted by molar-refractivity contribution is 7.13. The lowest BCUT2D eigenvalue weighted by molar-refractivity contribution is 0.143. The molecule has 0 radical (unpaired) electrons. The molecule has 1 nitrogen and oxygen atoms in total. The first-order valence-electron chi connectivity index (χ1n) is 13.5. The van der Waals surface area contributed by atoms with Gasteiger partial charge in [0.15, 0.2) is 0 Å². The molecule has 0 spiro atoms. The highest BCUT2D eigenvalue weighted by atomic mass is 32.1. The highest BCUT2D eigenvalue weighted by Gasteiger charge is 2.41. The molecule has 0 atom stereocenters. The summed E-state index contributed by atoms with van der Waals surface area (Å²) >= 11 is 3.23. The first-order chi connectivity index (χ1) is 17.8. The highest BCUT2D eigenvalue weighted by Crippen LogP contribution is 2.40. The molecule has 1 N–H and O–H groups in total. The van der Waals surface area contributed by atoms with Gasteiger partial charge >= 0.3 is 0 Å². The van der Waals surface area contributed by atoms with E-state index in [1.807, 2.05) is 12.1 Å².